The molecule has 0 aliphatic heterocycles. The zero-order valence-electron chi connectivity index (χ0n) is 10.3. The van der Waals surface area contributed by atoms with Crippen LogP contribution in [0.2, 0.25) is 0 Å². The molecule has 0 atom stereocenters. The van der Waals surface area contributed by atoms with E-state index < -0.39 is 0 Å². The number of thiophene rings is 1. The fourth-order valence-corrected chi connectivity index (χ4v) is 2.35. The molecule has 5 heteroatoms. The largest absolute Gasteiger partial charge is 0.497 e. The summed E-state index contributed by atoms with van der Waals surface area (Å²) in [6.45, 7) is 0. The molecular formula is C14H11N3OS. The minimum atomic E-state index is 0.660. The monoisotopic (exact) mass is 269 g/mol. The van der Waals surface area contributed by atoms with Gasteiger partial charge in [-0.2, -0.15) is 0 Å². The van der Waals surface area contributed by atoms with Crippen molar-refractivity contribution in [2.45, 2.75) is 0 Å². The van der Waals surface area contributed by atoms with Crippen molar-refractivity contribution in [3.63, 3.8) is 0 Å². The Kier molecular flexibility index (Phi) is 3.20. The topological polar surface area (TPSA) is 47.9 Å². The minimum Gasteiger partial charge on any atom is -0.497 e. The Hall–Kier alpha value is -2.27. The van der Waals surface area contributed by atoms with Crippen LogP contribution in [0, 0.1) is 0 Å². The molecule has 0 spiro atoms. The molecule has 1 aromatic carbocycles. The predicted molar refractivity (Wildman–Crippen MR) is 75.1 cm³/mol. The molecule has 0 saturated heterocycles. The van der Waals surface area contributed by atoms with E-state index in [-0.39, 0.29) is 0 Å². The van der Waals surface area contributed by atoms with Crippen molar-refractivity contribution in [1.82, 2.24) is 15.2 Å². The van der Waals surface area contributed by atoms with Gasteiger partial charge in [0, 0.05) is 5.56 Å². The third kappa shape index (κ3) is 2.46. The second kappa shape index (κ2) is 5.16. The average molecular weight is 269 g/mol. The van der Waals surface area contributed by atoms with Crippen LogP contribution in [0.25, 0.3) is 22.0 Å². The fraction of sp³-hybridized carbons (Fsp3) is 0.0714. The number of hydrogen-bond acceptors (Lipinski definition) is 5. The van der Waals surface area contributed by atoms with E-state index in [0.717, 1.165) is 21.9 Å². The van der Waals surface area contributed by atoms with E-state index in [1.54, 1.807) is 24.6 Å². The molecular weight excluding hydrogens is 258 g/mol. The predicted octanol–water partition coefficient (Wildman–Crippen LogP) is 3.28. The van der Waals surface area contributed by atoms with Crippen LogP contribution in [0.1, 0.15) is 0 Å². The highest BCUT2D eigenvalue weighted by molar-refractivity contribution is 7.13. The zero-order chi connectivity index (χ0) is 13.1. The standard InChI is InChI=1S/C14H11N3OS/c1-18-11-6-4-10(5-7-11)12-9-15-14(17-16-12)13-3-2-8-19-13/h2-9H,1H3. The van der Waals surface area contributed by atoms with E-state index >= 15 is 0 Å². The lowest BCUT2D eigenvalue weighted by atomic mass is 10.1. The van der Waals surface area contributed by atoms with Crippen LogP contribution in [0.5, 0.6) is 5.75 Å². The molecule has 0 radical (unpaired) electrons. The highest BCUT2D eigenvalue weighted by atomic mass is 32.1. The van der Waals surface area contributed by atoms with Crippen molar-refractivity contribution in [2.24, 2.45) is 0 Å². The van der Waals surface area contributed by atoms with Gasteiger partial charge in [0.2, 0.25) is 0 Å². The molecule has 0 aliphatic rings. The summed E-state index contributed by atoms with van der Waals surface area (Å²) in [7, 11) is 1.65. The maximum absolute atomic E-state index is 5.12. The first-order chi connectivity index (χ1) is 9.36. The third-order valence-electron chi connectivity index (χ3n) is 2.69. The van der Waals surface area contributed by atoms with Crippen LogP contribution in [0.15, 0.2) is 48.0 Å². The molecule has 2 heterocycles. The van der Waals surface area contributed by atoms with Crippen molar-refractivity contribution in [3.05, 3.63) is 48.0 Å². The van der Waals surface area contributed by atoms with Gasteiger partial charge in [-0.3, -0.25) is 0 Å². The molecule has 0 amide bonds. The number of rotatable bonds is 3. The van der Waals surface area contributed by atoms with Crippen LogP contribution in [-0.2, 0) is 0 Å². The molecule has 3 rings (SSSR count). The number of methoxy groups -OCH3 is 1. The highest BCUT2D eigenvalue weighted by Gasteiger charge is 2.05. The van der Waals surface area contributed by atoms with E-state index in [4.69, 9.17) is 4.74 Å². The lowest BCUT2D eigenvalue weighted by Crippen LogP contribution is -1.93. The van der Waals surface area contributed by atoms with E-state index in [2.05, 4.69) is 15.2 Å². The molecule has 0 bridgehead atoms. The fourth-order valence-electron chi connectivity index (χ4n) is 1.69. The first-order valence-electron chi connectivity index (χ1n) is 5.75. The molecule has 0 saturated carbocycles. The van der Waals surface area contributed by atoms with Gasteiger partial charge in [0.15, 0.2) is 5.82 Å². The molecule has 3 aromatic rings. The van der Waals surface area contributed by atoms with Gasteiger partial charge in [-0.25, -0.2) is 4.98 Å². The number of aromatic nitrogens is 3. The third-order valence-corrected chi connectivity index (χ3v) is 3.55. The molecule has 0 aliphatic carbocycles. The van der Waals surface area contributed by atoms with E-state index in [0.29, 0.717) is 5.82 Å². The van der Waals surface area contributed by atoms with Crippen molar-refractivity contribution >= 4 is 11.3 Å². The summed E-state index contributed by atoms with van der Waals surface area (Å²) in [4.78, 5) is 5.37. The highest BCUT2D eigenvalue weighted by Crippen LogP contribution is 2.22. The summed E-state index contributed by atoms with van der Waals surface area (Å²) in [5, 5.41) is 10.4. The van der Waals surface area contributed by atoms with Gasteiger partial charge in [-0.15, -0.1) is 21.5 Å². The second-order valence-electron chi connectivity index (χ2n) is 3.87. The van der Waals surface area contributed by atoms with Crippen LogP contribution in [0.4, 0.5) is 0 Å². The summed E-state index contributed by atoms with van der Waals surface area (Å²) in [5.74, 6) is 1.48. The van der Waals surface area contributed by atoms with Crippen LogP contribution in [-0.4, -0.2) is 22.3 Å². The van der Waals surface area contributed by atoms with Crippen LogP contribution >= 0.6 is 11.3 Å². The Bertz CT molecular complexity index is 648. The second-order valence-corrected chi connectivity index (χ2v) is 4.82. The van der Waals surface area contributed by atoms with Gasteiger partial charge in [0.05, 0.1) is 18.2 Å². The van der Waals surface area contributed by atoms with Gasteiger partial charge < -0.3 is 4.74 Å². The van der Waals surface area contributed by atoms with Crippen molar-refractivity contribution in [1.29, 1.82) is 0 Å². The molecule has 0 fully saturated rings. The number of hydrogen-bond donors (Lipinski definition) is 0. The SMILES string of the molecule is COc1ccc(-c2cnc(-c3cccs3)nn2)cc1. The van der Waals surface area contributed by atoms with Crippen molar-refractivity contribution in [3.8, 4) is 27.7 Å². The Morgan fingerprint density at radius 2 is 1.89 bits per heavy atom. The molecule has 2 aromatic heterocycles. The van der Waals surface area contributed by atoms with Crippen LogP contribution in [0.3, 0.4) is 0 Å². The molecule has 0 N–H and O–H groups in total. The van der Waals surface area contributed by atoms with Crippen molar-refractivity contribution in [2.75, 3.05) is 7.11 Å². The average Bonchev–Trinajstić information content (AvgIpc) is 3.02. The number of ether oxygens (including phenoxy) is 1. The Morgan fingerprint density at radius 3 is 2.47 bits per heavy atom. The summed E-state index contributed by atoms with van der Waals surface area (Å²) < 4.78 is 5.12. The van der Waals surface area contributed by atoms with Gasteiger partial charge in [0.25, 0.3) is 0 Å². The first kappa shape index (κ1) is 11.8. The van der Waals surface area contributed by atoms with E-state index in [1.165, 1.54) is 0 Å². The smallest absolute Gasteiger partial charge is 0.191 e. The lowest BCUT2D eigenvalue weighted by Gasteiger charge is -2.02. The first-order valence-corrected chi connectivity index (χ1v) is 6.63. The van der Waals surface area contributed by atoms with Crippen molar-refractivity contribution < 1.29 is 4.74 Å². The molecule has 0 unspecified atom stereocenters. The lowest BCUT2D eigenvalue weighted by molar-refractivity contribution is 0.415. The number of benzene rings is 1. The molecule has 4 nitrogen and oxygen atoms in total. The van der Waals surface area contributed by atoms with Gasteiger partial charge in [-0.05, 0) is 35.7 Å². The Morgan fingerprint density at radius 1 is 1.05 bits per heavy atom. The summed E-state index contributed by atoms with van der Waals surface area (Å²) >= 11 is 1.60. The summed E-state index contributed by atoms with van der Waals surface area (Å²) in [6.07, 6.45) is 1.74. The van der Waals surface area contributed by atoms with Crippen LogP contribution < -0.4 is 4.74 Å². The molecule has 19 heavy (non-hydrogen) atoms. The molecule has 94 valence electrons. The minimum absolute atomic E-state index is 0.660. The Labute approximate surface area is 114 Å². The summed E-state index contributed by atoms with van der Waals surface area (Å²) in [5.41, 5.74) is 1.72. The quantitative estimate of drug-likeness (QED) is 0.732. The number of nitrogens with zero attached hydrogens (tertiary/aromatic N) is 3. The summed E-state index contributed by atoms with van der Waals surface area (Å²) in [6, 6.07) is 11.6. The van der Waals surface area contributed by atoms with Gasteiger partial charge in [-0.1, -0.05) is 6.07 Å². The van der Waals surface area contributed by atoms with E-state index in [9.17, 15) is 0 Å². The Balaban J connectivity index is 1.89. The maximum atomic E-state index is 5.12. The zero-order valence-corrected chi connectivity index (χ0v) is 11.1. The van der Waals surface area contributed by atoms with Gasteiger partial charge >= 0.3 is 0 Å². The maximum Gasteiger partial charge on any atom is 0.191 e. The van der Waals surface area contributed by atoms with E-state index in [1.807, 2.05) is 41.8 Å². The normalized spacial score (nSPS) is 10.4. The van der Waals surface area contributed by atoms with Gasteiger partial charge in [0.1, 0.15) is 11.4 Å².